The fourth-order valence-electron chi connectivity index (χ4n) is 2.87. The van der Waals surface area contributed by atoms with Gasteiger partial charge < -0.3 is 14.2 Å². The van der Waals surface area contributed by atoms with Gasteiger partial charge in [-0.1, -0.05) is 0 Å². The van der Waals surface area contributed by atoms with Crippen molar-refractivity contribution in [2.75, 3.05) is 32.6 Å². The van der Waals surface area contributed by atoms with Crippen LogP contribution in [0.2, 0.25) is 0 Å². The summed E-state index contributed by atoms with van der Waals surface area (Å²) in [6, 6.07) is 0. The predicted octanol–water partition coefficient (Wildman–Crippen LogP) is 1.71. The number of hydrogen-bond acceptors (Lipinski definition) is 5. The molecule has 0 unspecified atom stereocenters. The van der Waals surface area contributed by atoms with Gasteiger partial charge in [-0.2, -0.15) is 4.98 Å². The highest BCUT2D eigenvalue weighted by Gasteiger charge is 2.17. The van der Waals surface area contributed by atoms with Crippen LogP contribution in [0.3, 0.4) is 0 Å². The Bertz CT molecular complexity index is 609. The van der Waals surface area contributed by atoms with Crippen LogP contribution in [0.15, 0.2) is 6.33 Å². The largest absolute Gasteiger partial charge is 0.479 e. The molecule has 3 rings (SSSR count). The number of hydrogen-bond donors (Lipinski definition) is 0. The number of imidazole rings is 1. The van der Waals surface area contributed by atoms with Crippen LogP contribution in [-0.4, -0.2) is 57.0 Å². The lowest BCUT2D eigenvalue weighted by Gasteiger charge is -2.16. The number of rotatable bonds is 6. The molecule has 2 aromatic rings. The first-order valence-corrected chi connectivity index (χ1v) is 7.89. The maximum Gasteiger partial charge on any atom is 0.245 e. The minimum Gasteiger partial charge on any atom is -0.479 e. The Morgan fingerprint density at radius 1 is 1.24 bits per heavy atom. The summed E-state index contributed by atoms with van der Waals surface area (Å²) in [4.78, 5) is 15.6. The summed E-state index contributed by atoms with van der Waals surface area (Å²) in [7, 11) is 1.60. The monoisotopic (exact) mass is 309 g/mol. The zero-order valence-electron chi connectivity index (χ0n) is 12.3. The molecule has 0 N–H and O–H groups in total. The highest BCUT2D eigenvalue weighted by molar-refractivity contribution is 6.17. The van der Waals surface area contributed by atoms with Gasteiger partial charge >= 0.3 is 0 Å². The molecule has 3 heterocycles. The molecule has 0 atom stereocenters. The number of aryl methyl sites for hydroxylation is 1. The van der Waals surface area contributed by atoms with Crippen molar-refractivity contribution < 1.29 is 4.74 Å². The van der Waals surface area contributed by atoms with Crippen LogP contribution in [0.4, 0.5) is 0 Å². The summed E-state index contributed by atoms with van der Waals surface area (Å²) in [6.45, 7) is 4.28. The number of methoxy groups -OCH3 is 1. The van der Waals surface area contributed by atoms with Gasteiger partial charge in [0.25, 0.3) is 0 Å². The lowest BCUT2D eigenvalue weighted by molar-refractivity contribution is 0.322. The second-order valence-corrected chi connectivity index (χ2v) is 5.60. The van der Waals surface area contributed by atoms with E-state index in [9.17, 15) is 0 Å². The average Bonchev–Trinajstić information content (AvgIpc) is 3.12. The summed E-state index contributed by atoms with van der Waals surface area (Å²) in [5, 5.41) is 0. The van der Waals surface area contributed by atoms with Crippen LogP contribution < -0.4 is 4.74 Å². The van der Waals surface area contributed by atoms with Crippen molar-refractivity contribution in [3.05, 3.63) is 12.2 Å². The van der Waals surface area contributed by atoms with E-state index in [0.717, 1.165) is 36.5 Å². The lowest BCUT2D eigenvalue weighted by Crippen LogP contribution is -2.25. The van der Waals surface area contributed by atoms with Gasteiger partial charge in [0, 0.05) is 25.4 Å². The SMILES string of the molecule is COc1ncnc2c1nc(CCCl)n2CCN1CCCC1. The number of likely N-dealkylation sites (tertiary alicyclic amines) is 1. The van der Waals surface area contributed by atoms with E-state index < -0.39 is 0 Å². The zero-order valence-corrected chi connectivity index (χ0v) is 13.0. The average molecular weight is 310 g/mol. The van der Waals surface area contributed by atoms with E-state index in [-0.39, 0.29) is 0 Å². The molecule has 6 nitrogen and oxygen atoms in total. The van der Waals surface area contributed by atoms with Crippen LogP contribution in [0, 0.1) is 0 Å². The van der Waals surface area contributed by atoms with Gasteiger partial charge in [-0.25, -0.2) is 9.97 Å². The molecule has 0 aromatic carbocycles. The van der Waals surface area contributed by atoms with Gasteiger partial charge in [0.05, 0.1) is 7.11 Å². The molecule has 0 spiro atoms. The normalized spacial score (nSPS) is 15.9. The van der Waals surface area contributed by atoms with E-state index in [1.54, 1.807) is 7.11 Å². The van der Waals surface area contributed by atoms with E-state index in [4.69, 9.17) is 16.3 Å². The highest BCUT2D eigenvalue weighted by Crippen LogP contribution is 2.22. The maximum atomic E-state index is 5.91. The molecule has 1 fully saturated rings. The Labute approximate surface area is 129 Å². The zero-order chi connectivity index (χ0) is 14.7. The van der Waals surface area contributed by atoms with Crippen molar-refractivity contribution in [1.82, 2.24) is 24.4 Å². The van der Waals surface area contributed by atoms with Gasteiger partial charge in [0.15, 0.2) is 11.2 Å². The topological polar surface area (TPSA) is 56.1 Å². The molecular formula is C14H20ClN5O. The standard InChI is InChI=1S/C14H20ClN5O/c1-21-14-12-13(16-10-17-14)20(11(18-12)4-5-15)9-8-19-6-2-3-7-19/h10H,2-9H2,1H3. The van der Waals surface area contributed by atoms with Gasteiger partial charge in [-0.05, 0) is 25.9 Å². The van der Waals surface area contributed by atoms with E-state index in [2.05, 4.69) is 24.4 Å². The number of fused-ring (bicyclic) bond motifs is 1. The van der Waals surface area contributed by atoms with Crippen LogP contribution in [0.5, 0.6) is 5.88 Å². The summed E-state index contributed by atoms with van der Waals surface area (Å²) >= 11 is 5.91. The van der Waals surface area contributed by atoms with Crippen molar-refractivity contribution in [2.24, 2.45) is 0 Å². The second kappa shape index (κ2) is 6.58. The molecule has 0 saturated carbocycles. The smallest absolute Gasteiger partial charge is 0.245 e. The Balaban J connectivity index is 1.91. The molecule has 1 aliphatic heterocycles. The molecule has 0 bridgehead atoms. The molecule has 2 aromatic heterocycles. The second-order valence-electron chi connectivity index (χ2n) is 5.22. The van der Waals surface area contributed by atoms with E-state index in [0.29, 0.717) is 11.8 Å². The lowest BCUT2D eigenvalue weighted by atomic mass is 10.4. The highest BCUT2D eigenvalue weighted by atomic mass is 35.5. The molecule has 1 aliphatic rings. The summed E-state index contributed by atoms with van der Waals surface area (Å²) < 4.78 is 7.43. The van der Waals surface area contributed by atoms with Crippen molar-refractivity contribution in [3.8, 4) is 5.88 Å². The first kappa shape index (κ1) is 14.5. The number of alkyl halides is 1. The predicted molar refractivity (Wildman–Crippen MR) is 82.0 cm³/mol. The molecule has 114 valence electrons. The number of ether oxygens (including phenoxy) is 1. The molecular weight excluding hydrogens is 290 g/mol. The molecule has 0 amide bonds. The van der Waals surface area contributed by atoms with E-state index in [1.807, 2.05) is 0 Å². The summed E-state index contributed by atoms with van der Waals surface area (Å²) in [5.41, 5.74) is 1.56. The Morgan fingerprint density at radius 2 is 2.05 bits per heavy atom. The molecule has 21 heavy (non-hydrogen) atoms. The number of nitrogens with zero attached hydrogens (tertiary/aromatic N) is 5. The van der Waals surface area contributed by atoms with Crippen molar-refractivity contribution in [1.29, 1.82) is 0 Å². The van der Waals surface area contributed by atoms with Gasteiger partial charge in [0.1, 0.15) is 12.2 Å². The van der Waals surface area contributed by atoms with E-state index in [1.165, 1.54) is 32.3 Å². The minimum atomic E-state index is 0.524. The third-order valence-electron chi connectivity index (χ3n) is 3.93. The minimum absolute atomic E-state index is 0.524. The van der Waals surface area contributed by atoms with Crippen LogP contribution >= 0.6 is 11.6 Å². The third kappa shape index (κ3) is 2.96. The molecule has 0 aliphatic carbocycles. The van der Waals surface area contributed by atoms with Crippen LogP contribution in [0.25, 0.3) is 11.2 Å². The first-order chi connectivity index (χ1) is 10.3. The van der Waals surface area contributed by atoms with Crippen LogP contribution in [-0.2, 0) is 13.0 Å². The van der Waals surface area contributed by atoms with Gasteiger partial charge in [0.2, 0.25) is 5.88 Å². The fraction of sp³-hybridized carbons (Fsp3) is 0.643. The Kier molecular flexibility index (Phi) is 4.55. The Hall–Kier alpha value is -1.40. The maximum absolute atomic E-state index is 5.91. The molecule has 7 heteroatoms. The fourth-order valence-corrected chi connectivity index (χ4v) is 3.04. The molecule has 0 radical (unpaired) electrons. The first-order valence-electron chi connectivity index (χ1n) is 7.36. The van der Waals surface area contributed by atoms with Gasteiger partial charge in [-0.15, -0.1) is 11.6 Å². The number of halogens is 1. The Morgan fingerprint density at radius 3 is 2.76 bits per heavy atom. The van der Waals surface area contributed by atoms with Crippen molar-refractivity contribution in [3.63, 3.8) is 0 Å². The van der Waals surface area contributed by atoms with Crippen LogP contribution in [0.1, 0.15) is 18.7 Å². The molecule has 1 saturated heterocycles. The van der Waals surface area contributed by atoms with Gasteiger partial charge in [-0.3, -0.25) is 0 Å². The summed E-state index contributed by atoms with van der Waals surface area (Å²) in [6.07, 6.45) is 4.85. The van der Waals surface area contributed by atoms with Crippen molar-refractivity contribution >= 4 is 22.8 Å². The van der Waals surface area contributed by atoms with E-state index >= 15 is 0 Å². The van der Waals surface area contributed by atoms with Crippen molar-refractivity contribution in [2.45, 2.75) is 25.8 Å². The quantitative estimate of drug-likeness (QED) is 0.760. The summed E-state index contributed by atoms with van der Waals surface area (Å²) in [5.74, 6) is 2.02. The number of aromatic nitrogens is 4. The third-order valence-corrected chi connectivity index (χ3v) is 4.12.